The van der Waals surface area contributed by atoms with E-state index >= 15 is 0 Å². The Kier molecular flexibility index (Phi) is 79.9. The third-order valence-corrected chi connectivity index (χ3v) is 17.8. The first kappa shape index (κ1) is 92.3. The quantitative estimate of drug-likeness (QED) is 0.0985. The summed E-state index contributed by atoms with van der Waals surface area (Å²) in [4.78, 5) is 16.2. The van der Waals surface area contributed by atoms with Crippen LogP contribution >= 0.6 is 0 Å². The molecule has 1 unspecified atom stereocenters. The first-order valence-corrected chi connectivity index (χ1v) is 39.8. The molecule has 462 valence electrons. The monoisotopic (exact) mass is 1320 g/mol. The molecule has 83 heavy (non-hydrogen) atoms. The molecule has 6 heteroatoms. The lowest BCUT2D eigenvalue weighted by atomic mass is 10.1. The fourth-order valence-electron chi connectivity index (χ4n) is 5.61. The van der Waals surface area contributed by atoms with Crippen LogP contribution < -0.4 is 21.2 Å². The van der Waals surface area contributed by atoms with E-state index in [0.717, 1.165) is 6.42 Å². The molecule has 0 heterocycles. The van der Waals surface area contributed by atoms with Gasteiger partial charge in [0.15, 0.2) is 37.8 Å². The van der Waals surface area contributed by atoms with Crippen LogP contribution in [0.1, 0.15) is 143 Å². The Hall–Kier alpha value is -4.44. The third-order valence-electron chi connectivity index (χ3n) is 9.44. The van der Waals surface area contributed by atoms with Crippen LogP contribution in [0.15, 0.2) is 262 Å². The van der Waals surface area contributed by atoms with Crippen LogP contribution in [0.2, 0.25) is 0 Å². The number of benzene rings is 8. The van der Waals surface area contributed by atoms with E-state index < -0.39 is 0 Å². The van der Waals surface area contributed by atoms with Gasteiger partial charge in [-0.1, -0.05) is 288 Å². The van der Waals surface area contributed by atoms with Crippen LogP contribution in [0.5, 0.6) is 0 Å². The molecule has 0 spiro atoms. The van der Waals surface area contributed by atoms with E-state index in [1.165, 1.54) is 37.8 Å². The summed E-state index contributed by atoms with van der Waals surface area (Å²) in [6.07, 6.45) is 16.3. The van der Waals surface area contributed by atoms with Gasteiger partial charge in [0.25, 0.3) is 0 Å². The van der Waals surface area contributed by atoms with Crippen molar-refractivity contribution in [1.82, 2.24) is 0 Å². The largest absolute Gasteiger partial charge is 0.357 e. The van der Waals surface area contributed by atoms with Crippen molar-refractivity contribution < 1.29 is 26.0 Å². The summed E-state index contributed by atoms with van der Waals surface area (Å²) < 4.78 is 2.96. The molecule has 0 saturated heterocycles. The highest BCUT2D eigenvalue weighted by Crippen LogP contribution is 2.21. The zero-order valence-electron chi connectivity index (χ0n) is 56.3. The number of hydrogen-bond acceptors (Lipinski definition) is 1. The number of halogens is 1. The number of carbonyl (C=O) groups is 1. The topological polar surface area (TPSA) is 17.1 Å². The lowest BCUT2D eigenvalue weighted by Crippen LogP contribution is -3.61. The Morgan fingerprint density at radius 1 is 0.325 bits per heavy atom. The second kappa shape index (κ2) is 71.8. The Bertz CT molecular complexity index is 2060. The second-order valence-electron chi connectivity index (χ2n) is 15.5. The molecule has 1 atom stereocenters. The Balaban J connectivity index is -0.000000162. The van der Waals surface area contributed by atoms with E-state index in [1.54, 1.807) is 6.92 Å². The van der Waals surface area contributed by atoms with E-state index in [0.29, 0.717) is 16.7 Å². The molecule has 0 radical (unpaired) electrons. The molecule has 0 aliphatic rings. The maximum atomic E-state index is 10.6. The van der Waals surface area contributed by atoms with Gasteiger partial charge in [0.2, 0.25) is 0 Å². The first-order valence-electron chi connectivity index (χ1n) is 29.9. The molecule has 8 aromatic rings. The zero-order chi connectivity index (χ0) is 63.8. The molecule has 8 rings (SSSR count). The van der Waals surface area contributed by atoms with E-state index in [2.05, 4.69) is 286 Å². The summed E-state index contributed by atoms with van der Waals surface area (Å²) in [5.74, 6) is 0.304. The van der Waals surface area contributed by atoms with E-state index in [9.17, 15) is 4.79 Å². The molecule has 0 N–H and O–H groups in total. The van der Waals surface area contributed by atoms with Crippen LogP contribution in [-0.2, 0) is 54.8 Å². The zero-order valence-corrected chi connectivity index (χ0v) is 61.7. The van der Waals surface area contributed by atoms with Gasteiger partial charge in [-0.05, 0) is 126 Å². The van der Waals surface area contributed by atoms with Crippen LogP contribution in [0.25, 0.3) is 0 Å². The van der Waals surface area contributed by atoms with Crippen LogP contribution in [-0.4, -0.2) is 54.8 Å². The van der Waals surface area contributed by atoms with Crippen LogP contribution in [0.4, 0.5) is 0 Å². The second-order valence-corrected chi connectivity index (χ2v) is 27.3. The SMILES string of the molecule is C.CC.CC.CC.CC.CC.CC.CC.CC.CC(=O)C(C)[S+](C)C.C[S+](C)C.C[S+](c1ccccc1)c1ccccc1.C[S+](c1ccccc1)c1ccccc1.c1ccc(Cc2ccccc2)cc1.c1ccc([I+]c2ccccc2)cc1. The highest BCUT2D eigenvalue weighted by molar-refractivity contribution is 7.97. The average molecular weight is 1320 g/mol. The molecule has 0 aromatic heterocycles. The summed E-state index contributed by atoms with van der Waals surface area (Å²) in [5.41, 5.74) is 2.74. The predicted octanol–water partition coefficient (Wildman–Crippen LogP) is 20.0. The Morgan fingerprint density at radius 2 is 0.494 bits per heavy atom. The van der Waals surface area contributed by atoms with Gasteiger partial charge in [-0.2, -0.15) is 0 Å². The number of Topliss-reactive ketones (excluding diaryl/α,β-unsaturated/α-hetero) is 1. The van der Waals surface area contributed by atoms with Crippen molar-refractivity contribution in [3.8, 4) is 0 Å². The summed E-state index contributed by atoms with van der Waals surface area (Å²) in [7, 11) is 1.31. The Labute approximate surface area is 538 Å². The fourth-order valence-corrected chi connectivity index (χ4v) is 11.3. The van der Waals surface area contributed by atoms with Crippen molar-refractivity contribution >= 4 is 49.4 Å². The normalized spacial score (nSPS) is 8.98. The summed E-state index contributed by atoms with van der Waals surface area (Å²) in [6.45, 7) is 35.6. The molecule has 8 aromatic carbocycles. The van der Waals surface area contributed by atoms with Gasteiger partial charge in [0, 0.05) is 0 Å². The minimum absolute atomic E-state index is 0. The van der Waals surface area contributed by atoms with Crippen molar-refractivity contribution in [2.45, 2.75) is 163 Å². The molecule has 0 fully saturated rings. The maximum Gasteiger partial charge on any atom is 0.357 e. The minimum atomic E-state index is 0. The minimum Gasteiger partial charge on any atom is -0.294 e. The van der Waals surface area contributed by atoms with Gasteiger partial charge < -0.3 is 0 Å². The summed E-state index contributed by atoms with van der Waals surface area (Å²) in [5, 5.41) is 0.259. The highest BCUT2D eigenvalue weighted by Gasteiger charge is 2.20. The van der Waals surface area contributed by atoms with Crippen molar-refractivity contribution in [1.29, 1.82) is 0 Å². The van der Waals surface area contributed by atoms with Crippen molar-refractivity contribution in [2.24, 2.45) is 0 Å². The molecule has 0 aliphatic heterocycles. The van der Waals surface area contributed by atoms with E-state index in [4.69, 9.17) is 0 Å². The van der Waals surface area contributed by atoms with Crippen LogP contribution in [0.3, 0.4) is 0 Å². The highest BCUT2D eigenvalue weighted by atomic mass is 127. The summed E-state index contributed by atoms with van der Waals surface area (Å²) >= 11 is 0.0287. The lowest BCUT2D eigenvalue weighted by Gasteiger charge is -2.00. The Morgan fingerprint density at radius 3 is 0.651 bits per heavy atom. The third kappa shape index (κ3) is 52.8. The molecule has 0 saturated carbocycles. The number of ketones is 1. The van der Waals surface area contributed by atoms with E-state index in [-0.39, 0.29) is 66.6 Å². The number of rotatable bonds is 10. The smallest absolute Gasteiger partial charge is 0.294 e. The van der Waals surface area contributed by atoms with Gasteiger partial charge >= 0.3 is 21.2 Å². The molecule has 0 aliphatic carbocycles. The first-order chi connectivity index (χ1) is 39.9. The molecule has 0 amide bonds. The van der Waals surface area contributed by atoms with Gasteiger partial charge in [-0.15, -0.1) is 0 Å². The number of carbonyl (C=O) groups excluding carboxylic acids is 1. The molecule has 1 nitrogen and oxygen atoms in total. The molecular formula is C77H122IOS4+5. The maximum absolute atomic E-state index is 10.6. The van der Waals surface area contributed by atoms with Gasteiger partial charge in [-0.3, -0.25) is 4.79 Å². The lowest BCUT2D eigenvalue weighted by molar-refractivity contribution is -0.597. The van der Waals surface area contributed by atoms with Gasteiger partial charge in [0.05, 0.1) is 53.1 Å². The summed E-state index contributed by atoms with van der Waals surface area (Å²) in [6, 6.07) is 85.0. The van der Waals surface area contributed by atoms with Crippen molar-refractivity contribution in [3.05, 3.63) is 261 Å². The average Bonchev–Trinajstić information content (AvgIpc) is 3.56. The standard InChI is InChI=1S/2C13H13S.C13H12.C12H10I.C6H13OS.C3H9S.8C2H6.CH4/c2*1-14(12-8-4-2-5-9-12)13-10-6-3-7-11-13;1-3-7-12(8-4-1)11-13-9-5-2-6-10-13;1-3-7-11(8-4-1)13-12-9-5-2-6-10-12;1-5(7)6(2)8(3)4;1-4(2)3;8*1-2;/h2*2-11H,1H3;1-10H,11H2;1-10H;6H,1-4H3;1-3H3;8*1-2H3;1H4/q2*+1;;3*+1;;;;;;;;;. The van der Waals surface area contributed by atoms with Gasteiger partial charge in [0.1, 0.15) is 12.5 Å². The van der Waals surface area contributed by atoms with Crippen molar-refractivity contribution in [3.63, 3.8) is 0 Å². The predicted molar refractivity (Wildman–Crippen MR) is 393 cm³/mol. The van der Waals surface area contributed by atoms with Crippen LogP contribution in [0, 0.1) is 7.14 Å². The van der Waals surface area contributed by atoms with E-state index in [1.807, 2.05) is 118 Å². The van der Waals surface area contributed by atoms with Gasteiger partial charge in [-0.25, -0.2) is 0 Å². The fraction of sp³-hybridized carbons (Fsp3) is 0.364. The molecule has 0 bridgehead atoms. The van der Waals surface area contributed by atoms with Crippen molar-refractivity contribution in [2.75, 3.05) is 43.8 Å². The molecular weight excluding hydrogens is 1200 g/mol. The number of hydrogen-bond donors (Lipinski definition) is 0.